The van der Waals surface area contributed by atoms with Gasteiger partial charge in [-0.1, -0.05) is 15.9 Å². The van der Waals surface area contributed by atoms with E-state index in [2.05, 4.69) is 15.9 Å². The van der Waals surface area contributed by atoms with Crippen LogP contribution in [-0.2, 0) is 20.8 Å². The minimum absolute atomic E-state index is 0.265. The molecule has 1 aromatic rings. The van der Waals surface area contributed by atoms with E-state index in [0.29, 0.717) is 33.0 Å². The summed E-state index contributed by atoms with van der Waals surface area (Å²) in [6, 6.07) is 4.72. The highest BCUT2D eigenvalue weighted by Crippen LogP contribution is 2.15. The maximum Gasteiger partial charge on any atom is 0.124 e. The summed E-state index contributed by atoms with van der Waals surface area (Å²) in [4.78, 5) is 0. The summed E-state index contributed by atoms with van der Waals surface area (Å²) in [5.41, 5.74) is 0.807. The molecule has 5 heteroatoms. The van der Waals surface area contributed by atoms with E-state index >= 15 is 0 Å². The number of hydrogen-bond donors (Lipinski definition) is 0. The van der Waals surface area contributed by atoms with Gasteiger partial charge in [0.25, 0.3) is 0 Å². The first-order valence-electron chi connectivity index (χ1n) is 5.82. The molecule has 0 spiro atoms. The second-order valence-electron chi connectivity index (χ2n) is 3.79. The summed E-state index contributed by atoms with van der Waals surface area (Å²) in [6.07, 6.45) is 0.882. The van der Waals surface area contributed by atoms with Gasteiger partial charge in [-0.3, -0.25) is 0 Å². The summed E-state index contributed by atoms with van der Waals surface area (Å²) in [5.74, 6) is -0.265. The first kappa shape index (κ1) is 15.6. The molecule has 0 bridgehead atoms. The maximum atomic E-state index is 13.1. The molecule has 0 saturated carbocycles. The monoisotopic (exact) mass is 320 g/mol. The largest absolute Gasteiger partial charge is 0.385 e. The predicted molar refractivity (Wildman–Crippen MR) is 71.1 cm³/mol. The van der Waals surface area contributed by atoms with Crippen molar-refractivity contribution in [2.75, 3.05) is 33.5 Å². The van der Waals surface area contributed by atoms with Gasteiger partial charge in [-0.2, -0.15) is 0 Å². The van der Waals surface area contributed by atoms with Crippen LogP contribution in [0.3, 0.4) is 0 Å². The van der Waals surface area contributed by atoms with Gasteiger partial charge in [0.05, 0.1) is 19.8 Å². The van der Waals surface area contributed by atoms with E-state index in [-0.39, 0.29) is 5.82 Å². The maximum absolute atomic E-state index is 13.1. The van der Waals surface area contributed by atoms with Crippen LogP contribution in [0.4, 0.5) is 4.39 Å². The molecule has 0 fully saturated rings. The quantitative estimate of drug-likeness (QED) is 0.654. The zero-order valence-corrected chi connectivity index (χ0v) is 12.0. The molecule has 1 rings (SSSR count). The number of halogens is 2. The molecule has 3 nitrogen and oxygen atoms in total. The lowest BCUT2D eigenvalue weighted by atomic mass is 10.2. The lowest BCUT2D eigenvalue weighted by molar-refractivity contribution is 0.0336. The van der Waals surface area contributed by atoms with Crippen molar-refractivity contribution in [3.05, 3.63) is 34.1 Å². The van der Waals surface area contributed by atoms with Crippen LogP contribution in [0.25, 0.3) is 0 Å². The summed E-state index contributed by atoms with van der Waals surface area (Å²) >= 11 is 3.24. The molecular formula is C13H18BrFO3. The molecule has 0 radical (unpaired) electrons. The third-order valence-electron chi connectivity index (χ3n) is 2.20. The summed E-state index contributed by atoms with van der Waals surface area (Å²) in [7, 11) is 1.67. The van der Waals surface area contributed by atoms with Crippen molar-refractivity contribution in [1.82, 2.24) is 0 Å². The summed E-state index contributed by atoms with van der Waals surface area (Å²) in [6.45, 7) is 2.81. The predicted octanol–water partition coefficient (Wildman–Crippen LogP) is 3.16. The van der Waals surface area contributed by atoms with Crippen molar-refractivity contribution in [3.8, 4) is 0 Å². The molecular weight excluding hydrogens is 303 g/mol. The van der Waals surface area contributed by atoms with Gasteiger partial charge in [0.2, 0.25) is 0 Å². The number of methoxy groups -OCH3 is 1. The van der Waals surface area contributed by atoms with Gasteiger partial charge in [-0.25, -0.2) is 4.39 Å². The van der Waals surface area contributed by atoms with Crippen LogP contribution in [0.1, 0.15) is 12.0 Å². The Morgan fingerprint density at radius 2 is 1.83 bits per heavy atom. The molecule has 0 aliphatic carbocycles. The summed E-state index contributed by atoms with van der Waals surface area (Å²) in [5, 5.41) is 0. The van der Waals surface area contributed by atoms with Crippen LogP contribution < -0.4 is 0 Å². The molecule has 1 aromatic carbocycles. The fourth-order valence-electron chi connectivity index (χ4n) is 1.41. The van der Waals surface area contributed by atoms with Crippen molar-refractivity contribution < 1.29 is 18.6 Å². The highest BCUT2D eigenvalue weighted by atomic mass is 79.9. The van der Waals surface area contributed by atoms with Gasteiger partial charge < -0.3 is 14.2 Å². The van der Waals surface area contributed by atoms with Gasteiger partial charge in [-0.15, -0.1) is 0 Å². The summed E-state index contributed by atoms with van der Waals surface area (Å²) < 4.78 is 29.4. The molecule has 0 N–H and O–H groups in total. The van der Waals surface area contributed by atoms with E-state index in [1.54, 1.807) is 7.11 Å². The van der Waals surface area contributed by atoms with Crippen LogP contribution in [0.15, 0.2) is 22.7 Å². The van der Waals surface area contributed by atoms with Crippen molar-refractivity contribution in [1.29, 1.82) is 0 Å². The van der Waals surface area contributed by atoms with E-state index < -0.39 is 0 Å². The average Bonchev–Trinajstić information content (AvgIpc) is 2.31. The Hall–Kier alpha value is -0.490. The second-order valence-corrected chi connectivity index (χ2v) is 4.70. The highest BCUT2D eigenvalue weighted by molar-refractivity contribution is 9.10. The van der Waals surface area contributed by atoms with Crippen LogP contribution in [0.5, 0.6) is 0 Å². The molecule has 0 saturated heterocycles. The third kappa shape index (κ3) is 7.06. The Bertz CT molecular complexity index is 327. The van der Waals surface area contributed by atoms with E-state index in [9.17, 15) is 4.39 Å². The minimum atomic E-state index is -0.265. The Labute approximate surface area is 115 Å². The van der Waals surface area contributed by atoms with Gasteiger partial charge in [0.15, 0.2) is 0 Å². The number of rotatable bonds is 9. The van der Waals surface area contributed by atoms with E-state index in [0.717, 1.165) is 16.5 Å². The van der Waals surface area contributed by atoms with E-state index in [4.69, 9.17) is 14.2 Å². The van der Waals surface area contributed by atoms with Gasteiger partial charge in [0.1, 0.15) is 5.82 Å². The Morgan fingerprint density at radius 1 is 1.06 bits per heavy atom. The zero-order chi connectivity index (χ0) is 13.2. The first-order valence-corrected chi connectivity index (χ1v) is 6.61. The lowest BCUT2D eigenvalue weighted by Gasteiger charge is -2.06. The van der Waals surface area contributed by atoms with Gasteiger partial charge in [-0.05, 0) is 30.2 Å². The normalized spacial score (nSPS) is 10.8. The highest BCUT2D eigenvalue weighted by Gasteiger charge is 1.99. The molecule has 102 valence electrons. The van der Waals surface area contributed by atoms with Gasteiger partial charge >= 0.3 is 0 Å². The molecule has 0 unspecified atom stereocenters. The Kier molecular flexibility index (Phi) is 8.17. The standard InChI is InChI=1S/C13H18BrFO3/c1-16-3-2-4-17-5-6-18-10-11-7-12(14)9-13(15)8-11/h7-9H,2-6,10H2,1H3. The van der Waals surface area contributed by atoms with Crippen molar-refractivity contribution >= 4 is 15.9 Å². The van der Waals surface area contributed by atoms with Crippen molar-refractivity contribution in [2.45, 2.75) is 13.0 Å². The molecule has 0 aromatic heterocycles. The van der Waals surface area contributed by atoms with Crippen molar-refractivity contribution in [2.24, 2.45) is 0 Å². The number of ether oxygens (including phenoxy) is 3. The lowest BCUT2D eigenvalue weighted by Crippen LogP contribution is -2.06. The molecule has 0 atom stereocenters. The topological polar surface area (TPSA) is 27.7 Å². The Morgan fingerprint density at radius 3 is 2.56 bits per heavy atom. The van der Waals surface area contributed by atoms with Crippen LogP contribution in [0.2, 0.25) is 0 Å². The van der Waals surface area contributed by atoms with E-state index in [1.165, 1.54) is 12.1 Å². The van der Waals surface area contributed by atoms with Crippen LogP contribution >= 0.6 is 15.9 Å². The van der Waals surface area contributed by atoms with Gasteiger partial charge in [0, 0.05) is 24.8 Å². The molecule has 0 amide bonds. The zero-order valence-electron chi connectivity index (χ0n) is 10.5. The second kappa shape index (κ2) is 9.44. The van der Waals surface area contributed by atoms with Crippen LogP contribution in [-0.4, -0.2) is 33.5 Å². The Balaban J connectivity index is 2.07. The van der Waals surface area contributed by atoms with E-state index in [1.807, 2.05) is 6.07 Å². The molecule has 0 aliphatic heterocycles. The smallest absolute Gasteiger partial charge is 0.124 e. The minimum Gasteiger partial charge on any atom is -0.385 e. The van der Waals surface area contributed by atoms with Crippen molar-refractivity contribution in [3.63, 3.8) is 0 Å². The number of benzene rings is 1. The van der Waals surface area contributed by atoms with Crippen LogP contribution in [0, 0.1) is 5.82 Å². The fraction of sp³-hybridized carbons (Fsp3) is 0.538. The average molecular weight is 321 g/mol. The molecule has 0 aliphatic rings. The third-order valence-corrected chi connectivity index (χ3v) is 2.66. The molecule has 18 heavy (non-hydrogen) atoms. The fourth-order valence-corrected chi connectivity index (χ4v) is 1.92. The SMILES string of the molecule is COCCCOCCOCc1cc(F)cc(Br)c1. The number of hydrogen-bond acceptors (Lipinski definition) is 3. The molecule has 0 heterocycles. The first-order chi connectivity index (χ1) is 8.72.